The lowest BCUT2D eigenvalue weighted by Gasteiger charge is -2.40. The summed E-state index contributed by atoms with van der Waals surface area (Å²) in [6, 6.07) is 12.8. The van der Waals surface area contributed by atoms with Gasteiger partial charge >= 0.3 is 12.1 Å². The standard InChI is InChI=1S/C28H27F3N4O4/c1-17-15-34(12-13-35(17)25(36)21-10-7-11-22(14-21)28(29,30)31)26(37)24-23(18(2)32-19(3)33-24)27(38)39-16-20-8-5-4-6-9-20/h4-11,14,17H,12-13,15-16H2,1-3H3. The predicted octanol–water partition coefficient (Wildman–Crippen LogP) is 4.46. The van der Waals surface area contributed by atoms with Crippen LogP contribution < -0.4 is 0 Å². The lowest BCUT2D eigenvalue weighted by Crippen LogP contribution is -2.55. The zero-order valence-corrected chi connectivity index (χ0v) is 21.7. The van der Waals surface area contributed by atoms with Gasteiger partial charge in [0.1, 0.15) is 23.7 Å². The molecule has 0 radical (unpaired) electrons. The second-order valence-corrected chi connectivity index (χ2v) is 9.32. The van der Waals surface area contributed by atoms with Gasteiger partial charge in [0.2, 0.25) is 0 Å². The van der Waals surface area contributed by atoms with Crippen LogP contribution in [0.5, 0.6) is 0 Å². The van der Waals surface area contributed by atoms with E-state index in [1.54, 1.807) is 32.9 Å². The number of esters is 1. The first-order chi connectivity index (χ1) is 18.5. The lowest BCUT2D eigenvalue weighted by molar-refractivity contribution is -0.137. The maximum absolute atomic E-state index is 13.6. The SMILES string of the molecule is Cc1nc(C)c(C(=O)OCc2ccccc2)c(C(=O)N2CCN(C(=O)c3cccc(C(F)(F)F)c3)C(C)C2)n1. The molecule has 2 heterocycles. The maximum atomic E-state index is 13.6. The number of hydrogen-bond donors (Lipinski definition) is 0. The van der Waals surface area contributed by atoms with Crippen molar-refractivity contribution in [2.45, 2.75) is 39.6 Å². The molecule has 204 valence electrons. The molecular formula is C28H27F3N4O4. The summed E-state index contributed by atoms with van der Waals surface area (Å²) < 4.78 is 44.8. The molecule has 11 heteroatoms. The first kappa shape index (κ1) is 27.7. The Morgan fingerprint density at radius 1 is 0.974 bits per heavy atom. The van der Waals surface area contributed by atoms with Gasteiger partial charge in [-0.25, -0.2) is 14.8 Å². The molecule has 8 nitrogen and oxygen atoms in total. The lowest BCUT2D eigenvalue weighted by atomic mass is 10.1. The largest absolute Gasteiger partial charge is 0.457 e. The van der Waals surface area contributed by atoms with Crippen LogP contribution in [0.15, 0.2) is 54.6 Å². The number of rotatable bonds is 5. The fourth-order valence-corrected chi connectivity index (χ4v) is 4.50. The quantitative estimate of drug-likeness (QED) is 0.444. The van der Waals surface area contributed by atoms with E-state index in [9.17, 15) is 27.6 Å². The van der Waals surface area contributed by atoms with Crippen molar-refractivity contribution in [1.29, 1.82) is 0 Å². The number of aryl methyl sites for hydroxylation is 2. The van der Waals surface area contributed by atoms with Crippen molar-refractivity contribution in [1.82, 2.24) is 19.8 Å². The number of carbonyl (C=O) groups excluding carboxylic acids is 3. The van der Waals surface area contributed by atoms with Gasteiger partial charge in [-0.15, -0.1) is 0 Å². The van der Waals surface area contributed by atoms with Crippen LogP contribution in [0.4, 0.5) is 13.2 Å². The van der Waals surface area contributed by atoms with E-state index in [1.165, 1.54) is 21.9 Å². The van der Waals surface area contributed by atoms with E-state index < -0.39 is 35.6 Å². The minimum absolute atomic E-state index is 0.00792. The number of benzene rings is 2. The molecule has 1 unspecified atom stereocenters. The molecule has 1 saturated heterocycles. The van der Waals surface area contributed by atoms with E-state index >= 15 is 0 Å². The zero-order chi connectivity index (χ0) is 28.3. The predicted molar refractivity (Wildman–Crippen MR) is 135 cm³/mol. The van der Waals surface area contributed by atoms with Gasteiger partial charge in [0.05, 0.1) is 11.3 Å². The number of aromatic nitrogens is 2. The van der Waals surface area contributed by atoms with Gasteiger partial charge in [0, 0.05) is 31.2 Å². The molecule has 0 N–H and O–H groups in total. The molecule has 0 bridgehead atoms. The summed E-state index contributed by atoms with van der Waals surface area (Å²) in [5, 5.41) is 0. The summed E-state index contributed by atoms with van der Waals surface area (Å²) in [5.41, 5.74) is -0.0346. The molecule has 0 spiro atoms. The molecule has 1 aliphatic heterocycles. The molecule has 1 aromatic heterocycles. The van der Waals surface area contributed by atoms with Crippen LogP contribution in [-0.2, 0) is 17.5 Å². The summed E-state index contributed by atoms with van der Waals surface area (Å²) in [5.74, 6) is -1.50. The normalized spacial score (nSPS) is 15.7. The summed E-state index contributed by atoms with van der Waals surface area (Å²) in [6.45, 7) is 5.22. The average Bonchev–Trinajstić information content (AvgIpc) is 2.90. The molecule has 1 aliphatic rings. The van der Waals surface area contributed by atoms with Gasteiger partial charge < -0.3 is 14.5 Å². The molecule has 2 amide bonds. The van der Waals surface area contributed by atoms with Crippen molar-refractivity contribution >= 4 is 17.8 Å². The second-order valence-electron chi connectivity index (χ2n) is 9.32. The van der Waals surface area contributed by atoms with Gasteiger partial charge in [-0.05, 0) is 44.5 Å². The fraction of sp³-hybridized carbons (Fsp3) is 0.321. The highest BCUT2D eigenvalue weighted by molar-refractivity contribution is 6.04. The van der Waals surface area contributed by atoms with Crippen LogP contribution in [0.25, 0.3) is 0 Å². The Morgan fingerprint density at radius 2 is 1.69 bits per heavy atom. The highest BCUT2D eigenvalue weighted by Gasteiger charge is 2.35. The smallest absolute Gasteiger partial charge is 0.416 e. The third-order valence-corrected chi connectivity index (χ3v) is 6.43. The Labute approximate surface area is 223 Å². The Hall–Kier alpha value is -4.28. The third-order valence-electron chi connectivity index (χ3n) is 6.43. The Bertz CT molecular complexity index is 1400. The van der Waals surface area contributed by atoms with Gasteiger partial charge in [-0.2, -0.15) is 13.2 Å². The molecule has 39 heavy (non-hydrogen) atoms. The van der Waals surface area contributed by atoms with Crippen molar-refractivity contribution < 1.29 is 32.3 Å². The summed E-state index contributed by atoms with van der Waals surface area (Å²) >= 11 is 0. The van der Waals surface area contributed by atoms with Crippen LogP contribution in [0.1, 0.15) is 60.8 Å². The van der Waals surface area contributed by atoms with Crippen molar-refractivity contribution in [3.63, 3.8) is 0 Å². The van der Waals surface area contributed by atoms with Gasteiger partial charge in [0.25, 0.3) is 11.8 Å². The van der Waals surface area contributed by atoms with Crippen LogP contribution in [-0.4, -0.2) is 63.2 Å². The first-order valence-corrected chi connectivity index (χ1v) is 12.3. The molecule has 2 aromatic carbocycles. The van der Waals surface area contributed by atoms with Crippen molar-refractivity contribution in [3.8, 4) is 0 Å². The number of ether oxygens (including phenoxy) is 1. The van der Waals surface area contributed by atoms with Crippen LogP contribution in [0.2, 0.25) is 0 Å². The van der Waals surface area contributed by atoms with Crippen LogP contribution >= 0.6 is 0 Å². The first-order valence-electron chi connectivity index (χ1n) is 12.3. The number of amides is 2. The van der Waals surface area contributed by atoms with E-state index in [0.717, 1.165) is 17.7 Å². The Kier molecular flexibility index (Phi) is 7.98. The molecule has 0 aliphatic carbocycles. The number of carbonyl (C=O) groups is 3. The summed E-state index contributed by atoms with van der Waals surface area (Å²) in [6.07, 6.45) is -4.57. The van der Waals surface area contributed by atoms with Crippen LogP contribution in [0, 0.1) is 13.8 Å². The zero-order valence-electron chi connectivity index (χ0n) is 21.7. The van der Waals surface area contributed by atoms with Crippen molar-refractivity contribution in [2.24, 2.45) is 0 Å². The minimum Gasteiger partial charge on any atom is -0.457 e. The summed E-state index contributed by atoms with van der Waals surface area (Å²) in [7, 11) is 0. The van der Waals surface area contributed by atoms with Crippen molar-refractivity contribution in [2.75, 3.05) is 19.6 Å². The van der Waals surface area contributed by atoms with E-state index in [1.807, 2.05) is 18.2 Å². The monoisotopic (exact) mass is 540 g/mol. The van der Waals surface area contributed by atoms with E-state index in [0.29, 0.717) is 11.5 Å². The van der Waals surface area contributed by atoms with Gasteiger partial charge in [-0.1, -0.05) is 36.4 Å². The maximum Gasteiger partial charge on any atom is 0.416 e. The number of piperazine rings is 1. The molecule has 3 aromatic rings. The average molecular weight is 541 g/mol. The molecule has 1 fully saturated rings. The number of halogens is 3. The number of alkyl halides is 3. The van der Waals surface area contributed by atoms with E-state index in [-0.39, 0.29) is 43.1 Å². The Morgan fingerprint density at radius 3 is 2.36 bits per heavy atom. The topological polar surface area (TPSA) is 92.7 Å². The molecule has 4 rings (SSSR count). The number of hydrogen-bond acceptors (Lipinski definition) is 6. The van der Waals surface area contributed by atoms with Gasteiger partial charge in [-0.3, -0.25) is 9.59 Å². The fourth-order valence-electron chi connectivity index (χ4n) is 4.50. The molecule has 1 atom stereocenters. The molecule has 0 saturated carbocycles. The third kappa shape index (κ3) is 6.24. The van der Waals surface area contributed by atoms with Crippen molar-refractivity contribution in [3.05, 3.63) is 94.1 Å². The van der Waals surface area contributed by atoms with E-state index in [4.69, 9.17) is 4.74 Å². The minimum atomic E-state index is -4.57. The van der Waals surface area contributed by atoms with Gasteiger partial charge in [0.15, 0.2) is 0 Å². The van der Waals surface area contributed by atoms with E-state index in [2.05, 4.69) is 9.97 Å². The summed E-state index contributed by atoms with van der Waals surface area (Å²) in [4.78, 5) is 51.0. The highest BCUT2D eigenvalue weighted by atomic mass is 19.4. The Balaban J connectivity index is 1.50. The second kappa shape index (κ2) is 11.2. The molecular weight excluding hydrogens is 513 g/mol. The highest BCUT2D eigenvalue weighted by Crippen LogP contribution is 2.30. The van der Waals surface area contributed by atoms with Crippen LogP contribution in [0.3, 0.4) is 0 Å². The number of nitrogens with zero attached hydrogens (tertiary/aromatic N) is 4.